The van der Waals surface area contributed by atoms with E-state index in [4.69, 9.17) is 0 Å². The minimum atomic E-state index is -0.0521. The van der Waals surface area contributed by atoms with Crippen molar-refractivity contribution in [1.82, 2.24) is 15.0 Å². The normalized spacial score (nSPS) is 9.41. The topological polar surface area (TPSA) is 58.6 Å². The Morgan fingerprint density at radius 3 is 2.29 bits per heavy atom. The van der Waals surface area contributed by atoms with E-state index in [1.54, 1.807) is 18.5 Å². The summed E-state index contributed by atoms with van der Waals surface area (Å²) in [5.41, 5.74) is 0.837. The van der Waals surface area contributed by atoms with Gasteiger partial charge >= 0.3 is 0 Å². The molecule has 3 rings (SSSR count). The van der Waals surface area contributed by atoms with Crippen LogP contribution in [0.5, 0.6) is 0 Å². The lowest BCUT2D eigenvalue weighted by Gasteiger charge is -1.93. The monoisotopic (exact) mass is 225 g/mol. The fourth-order valence-electron chi connectivity index (χ4n) is 1.35. The molecule has 0 spiro atoms. The fourth-order valence-corrected chi connectivity index (χ4v) is 1.35. The molecule has 1 N–H and O–H groups in total. The number of fused-ring (bicyclic) bond motifs is 1. The van der Waals surface area contributed by atoms with E-state index in [9.17, 15) is 4.79 Å². The number of pyridine rings is 1. The lowest BCUT2D eigenvalue weighted by atomic mass is 10.2. The first-order chi connectivity index (χ1) is 8.36. The molecule has 0 aliphatic carbocycles. The molecule has 17 heavy (non-hydrogen) atoms. The number of benzene rings is 1. The van der Waals surface area contributed by atoms with Crippen molar-refractivity contribution in [2.45, 2.75) is 0 Å². The zero-order valence-corrected chi connectivity index (χ0v) is 9.08. The second kappa shape index (κ2) is 5.55. The summed E-state index contributed by atoms with van der Waals surface area (Å²) in [4.78, 5) is 20.9. The third kappa shape index (κ3) is 3.24. The molecule has 4 nitrogen and oxygen atoms in total. The molecular weight excluding hydrogens is 214 g/mol. The Morgan fingerprint density at radius 1 is 0.882 bits per heavy atom. The Bertz CT molecular complexity index is 608. The molecule has 2 aromatic heterocycles. The summed E-state index contributed by atoms with van der Waals surface area (Å²) in [6, 6.07) is 12.8. The standard InChI is InChI=1S/C9H7NO.C4H4N2/c11-9-6-5-7-3-1-2-4-8(7)10-9;1-2-5-4-6-3-1/h1-6H,(H,10,11);1-4H. The zero-order valence-electron chi connectivity index (χ0n) is 9.08. The first-order valence-electron chi connectivity index (χ1n) is 5.14. The first kappa shape index (κ1) is 11.0. The number of nitrogens with zero attached hydrogens (tertiary/aromatic N) is 2. The van der Waals surface area contributed by atoms with Crippen LogP contribution >= 0.6 is 0 Å². The van der Waals surface area contributed by atoms with Gasteiger partial charge in [0, 0.05) is 24.0 Å². The highest BCUT2D eigenvalue weighted by atomic mass is 16.1. The maximum atomic E-state index is 10.8. The Labute approximate surface area is 98.0 Å². The Hall–Kier alpha value is -2.49. The highest BCUT2D eigenvalue weighted by Crippen LogP contribution is 2.06. The van der Waals surface area contributed by atoms with E-state index in [-0.39, 0.29) is 5.56 Å². The Balaban J connectivity index is 0.000000153. The first-order valence-corrected chi connectivity index (χ1v) is 5.14. The van der Waals surface area contributed by atoms with E-state index in [0.717, 1.165) is 10.9 Å². The number of aromatic nitrogens is 3. The van der Waals surface area contributed by atoms with Crippen LogP contribution in [0.4, 0.5) is 0 Å². The third-order valence-electron chi connectivity index (χ3n) is 2.11. The van der Waals surface area contributed by atoms with Gasteiger partial charge in [-0.3, -0.25) is 4.79 Å². The van der Waals surface area contributed by atoms with E-state index in [1.807, 2.05) is 30.3 Å². The highest BCUT2D eigenvalue weighted by molar-refractivity contribution is 5.77. The predicted octanol–water partition coefficient (Wildman–Crippen LogP) is 2.00. The summed E-state index contributed by atoms with van der Waals surface area (Å²) in [6.07, 6.45) is 4.88. The lowest BCUT2D eigenvalue weighted by Crippen LogP contribution is -2.01. The maximum Gasteiger partial charge on any atom is 0.248 e. The summed E-state index contributed by atoms with van der Waals surface area (Å²) in [5.74, 6) is 0. The van der Waals surface area contributed by atoms with Crippen molar-refractivity contribution < 1.29 is 0 Å². The molecule has 0 atom stereocenters. The van der Waals surface area contributed by atoms with Crippen molar-refractivity contribution in [3.05, 3.63) is 71.5 Å². The molecule has 0 radical (unpaired) electrons. The molecule has 0 aliphatic heterocycles. The number of hydrogen-bond donors (Lipinski definition) is 1. The van der Waals surface area contributed by atoms with Crippen LogP contribution in [0.15, 0.2) is 66.0 Å². The number of H-pyrrole nitrogens is 1. The molecule has 0 aliphatic rings. The van der Waals surface area contributed by atoms with Crippen LogP contribution in [-0.4, -0.2) is 15.0 Å². The summed E-state index contributed by atoms with van der Waals surface area (Å²) >= 11 is 0. The number of rotatable bonds is 0. The summed E-state index contributed by atoms with van der Waals surface area (Å²) in [7, 11) is 0. The quantitative estimate of drug-likeness (QED) is 0.636. The van der Waals surface area contributed by atoms with Crippen LogP contribution < -0.4 is 5.56 Å². The SMILES string of the molecule is O=c1ccc2ccccc2[nH]1.c1cncnc1. The van der Waals surface area contributed by atoms with Gasteiger partial charge in [-0.25, -0.2) is 9.97 Å². The van der Waals surface area contributed by atoms with Crippen molar-refractivity contribution in [1.29, 1.82) is 0 Å². The third-order valence-corrected chi connectivity index (χ3v) is 2.11. The van der Waals surface area contributed by atoms with Crippen molar-refractivity contribution in [2.24, 2.45) is 0 Å². The smallest absolute Gasteiger partial charge is 0.248 e. The van der Waals surface area contributed by atoms with E-state index in [0.29, 0.717) is 0 Å². The van der Waals surface area contributed by atoms with Gasteiger partial charge in [-0.05, 0) is 23.6 Å². The van der Waals surface area contributed by atoms with Gasteiger partial charge in [0.1, 0.15) is 6.33 Å². The molecule has 2 heterocycles. The van der Waals surface area contributed by atoms with Crippen molar-refractivity contribution >= 4 is 10.9 Å². The molecule has 0 unspecified atom stereocenters. The average Bonchev–Trinajstić information content (AvgIpc) is 2.41. The zero-order chi connectivity index (χ0) is 11.9. The van der Waals surface area contributed by atoms with Crippen LogP contribution in [0.25, 0.3) is 10.9 Å². The average molecular weight is 225 g/mol. The van der Waals surface area contributed by atoms with Gasteiger partial charge in [-0.1, -0.05) is 18.2 Å². The van der Waals surface area contributed by atoms with Gasteiger partial charge in [-0.2, -0.15) is 0 Å². The summed E-state index contributed by atoms with van der Waals surface area (Å²) < 4.78 is 0. The molecule has 0 saturated carbocycles. The molecule has 0 saturated heterocycles. The van der Waals surface area contributed by atoms with Gasteiger partial charge < -0.3 is 4.98 Å². The lowest BCUT2D eigenvalue weighted by molar-refractivity contribution is 1.17. The molecule has 0 bridgehead atoms. The van der Waals surface area contributed by atoms with Crippen molar-refractivity contribution in [3.63, 3.8) is 0 Å². The molecule has 1 aromatic carbocycles. The predicted molar refractivity (Wildman–Crippen MR) is 66.6 cm³/mol. The second-order valence-electron chi connectivity index (χ2n) is 3.31. The van der Waals surface area contributed by atoms with Gasteiger partial charge in [0.05, 0.1) is 0 Å². The largest absolute Gasteiger partial charge is 0.322 e. The number of hydrogen-bond acceptors (Lipinski definition) is 3. The van der Waals surface area contributed by atoms with Crippen LogP contribution in [0.2, 0.25) is 0 Å². The van der Waals surface area contributed by atoms with Crippen LogP contribution in [0.1, 0.15) is 0 Å². The van der Waals surface area contributed by atoms with Crippen molar-refractivity contribution in [3.8, 4) is 0 Å². The Kier molecular flexibility index (Phi) is 3.60. The van der Waals surface area contributed by atoms with Gasteiger partial charge in [0.2, 0.25) is 5.56 Å². The van der Waals surface area contributed by atoms with Crippen molar-refractivity contribution in [2.75, 3.05) is 0 Å². The molecule has 84 valence electrons. The fraction of sp³-hybridized carbons (Fsp3) is 0. The number of para-hydroxylation sites is 1. The molecule has 0 fully saturated rings. The van der Waals surface area contributed by atoms with Crippen LogP contribution in [0.3, 0.4) is 0 Å². The van der Waals surface area contributed by atoms with E-state index < -0.39 is 0 Å². The Morgan fingerprint density at radius 2 is 1.65 bits per heavy atom. The minimum absolute atomic E-state index is 0.0521. The van der Waals surface area contributed by atoms with Crippen LogP contribution in [0, 0.1) is 0 Å². The molecule has 3 aromatic rings. The highest BCUT2D eigenvalue weighted by Gasteiger charge is 1.89. The number of nitrogens with one attached hydrogen (secondary N) is 1. The van der Waals surface area contributed by atoms with Gasteiger partial charge in [0.15, 0.2) is 0 Å². The number of aromatic amines is 1. The molecule has 0 amide bonds. The summed E-state index contributed by atoms with van der Waals surface area (Å²) in [5, 5.41) is 1.06. The minimum Gasteiger partial charge on any atom is -0.322 e. The summed E-state index contributed by atoms with van der Waals surface area (Å²) in [6.45, 7) is 0. The van der Waals surface area contributed by atoms with E-state index in [2.05, 4.69) is 15.0 Å². The van der Waals surface area contributed by atoms with Gasteiger partial charge in [0.25, 0.3) is 0 Å². The van der Waals surface area contributed by atoms with E-state index in [1.165, 1.54) is 12.4 Å². The second-order valence-corrected chi connectivity index (χ2v) is 3.31. The van der Waals surface area contributed by atoms with Gasteiger partial charge in [-0.15, -0.1) is 0 Å². The van der Waals surface area contributed by atoms with E-state index >= 15 is 0 Å². The molecule has 4 heteroatoms. The van der Waals surface area contributed by atoms with Crippen LogP contribution in [-0.2, 0) is 0 Å². The molecular formula is C13H11N3O. The maximum absolute atomic E-state index is 10.8.